The topological polar surface area (TPSA) is 233 Å². The van der Waals surface area contributed by atoms with Crippen LogP contribution in [0.1, 0.15) is 53.9 Å². The van der Waals surface area contributed by atoms with Crippen LogP contribution in [0.5, 0.6) is 0 Å². The van der Waals surface area contributed by atoms with E-state index in [-0.39, 0.29) is 37.2 Å². The second-order valence-corrected chi connectivity index (χ2v) is 9.07. The minimum Gasteiger partial charge on any atom is -0.480 e. The summed E-state index contributed by atoms with van der Waals surface area (Å²) in [6.45, 7) is 8.71. The van der Waals surface area contributed by atoms with Crippen molar-refractivity contribution in [1.82, 2.24) is 21.3 Å². The zero-order valence-corrected chi connectivity index (χ0v) is 20.6. The van der Waals surface area contributed by atoms with Crippen LogP contribution in [0.2, 0.25) is 0 Å². The van der Waals surface area contributed by atoms with Crippen LogP contribution >= 0.6 is 0 Å². The summed E-state index contributed by atoms with van der Waals surface area (Å²) < 4.78 is 0. The van der Waals surface area contributed by atoms with Gasteiger partial charge in [0.05, 0.1) is 6.10 Å². The number of carbonyl (C=O) groups excluding carboxylic acids is 3. The van der Waals surface area contributed by atoms with Gasteiger partial charge in [0.1, 0.15) is 24.2 Å². The molecule has 0 aromatic carbocycles. The number of carbonyl (C=O) groups is 4. The summed E-state index contributed by atoms with van der Waals surface area (Å²) in [4.78, 5) is 49.7. The predicted octanol–water partition coefficient (Wildman–Crippen LogP) is -1.80. The van der Waals surface area contributed by atoms with E-state index in [9.17, 15) is 29.4 Å². The maximum absolute atomic E-state index is 12.9. The molecule has 0 saturated carbocycles. The molecule has 0 aromatic heterocycles. The standard InChI is InChI=1S/C21H41N7O6/c1-10(2)9-14(17(30)26-13(20(33)34)7-6-8-25-21(23)24)27-19(32)16(11(3)4)28-18(31)15(22)12(5)29/h10-16,29H,6-9,22H2,1-5H3,(H,26,30)(H,27,32)(H,28,31)(H,33,34)(H4,23,24,25). The molecule has 5 atom stereocenters. The van der Waals surface area contributed by atoms with Crippen molar-refractivity contribution in [2.75, 3.05) is 6.54 Å². The van der Waals surface area contributed by atoms with Gasteiger partial charge in [0, 0.05) is 6.54 Å². The summed E-state index contributed by atoms with van der Waals surface area (Å²) >= 11 is 0. The lowest BCUT2D eigenvalue weighted by Gasteiger charge is -2.28. The van der Waals surface area contributed by atoms with Crippen molar-refractivity contribution in [3.8, 4) is 0 Å². The van der Waals surface area contributed by atoms with Crippen LogP contribution in [0.25, 0.3) is 0 Å². The molecule has 0 aliphatic carbocycles. The van der Waals surface area contributed by atoms with Gasteiger partial charge < -0.3 is 42.9 Å². The van der Waals surface area contributed by atoms with Crippen LogP contribution in [-0.4, -0.2) is 76.7 Å². The van der Waals surface area contributed by atoms with Gasteiger partial charge in [0.15, 0.2) is 5.96 Å². The third kappa shape index (κ3) is 11.8. The molecule has 0 aromatic rings. The van der Waals surface area contributed by atoms with Gasteiger partial charge in [-0.1, -0.05) is 27.7 Å². The maximum atomic E-state index is 12.9. The fourth-order valence-corrected chi connectivity index (χ4v) is 3.03. The van der Waals surface area contributed by atoms with E-state index in [4.69, 9.17) is 16.9 Å². The number of hydrogen-bond acceptors (Lipinski definition) is 7. The van der Waals surface area contributed by atoms with Gasteiger partial charge in [-0.05, 0) is 38.0 Å². The minimum atomic E-state index is -1.23. The van der Waals surface area contributed by atoms with Crippen molar-refractivity contribution in [3.63, 3.8) is 0 Å². The molecule has 34 heavy (non-hydrogen) atoms. The highest BCUT2D eigenvalue weighted by Crippen LogP contribution is 2.09. The lowest BCUT2D eigenvalue weighted by Crippen LogP contribution is -2.59. The number of aliphatic hydroxyl groups is 1. The summed E-state index contributed by atoms with van der Waals surface area (Å²) in [6, 6.07) is -4.48. The number of amides is 3. The van der Waals surface area contributed by atoms with Crippen LogP contribution in [0.15, 0.2) is 0 Å². The first-order chi connectivity index (χ1) is 15.7. The maximum Gasteiger partial charge on any atom is 0.326 e. The number of aliphatic carboxylic acids is 1. The van der Waals surface area contributed by atoms with E-state index in [1.165, 1.54) is 6.92 Å². The summed E-state index contributed by atoms with van der Waals surface area (Å²) in [5.74, 6) is -3.83. The van der Waals surface area contributed by atoms with Crippen LogP contribution in [-0.2, 0) is 19.2 Å². The Balaban J connectivity index is 5.36. The van der Waals surface area contributed by atoms with Crippen molar-refractivity contribution in [1.29, 1.82) is 5.41 Å². The number of carboxylic acids is 1. The highest BCUT2D eigenvalue weighted by molar-refractivity contribution is 5.94. The third-order valence-corrected chi connectivity index (χ3v) is 5.01. The molecule has 11 N–H and O–H groups in total. The molecule has 0 saturated heterocycles. The Kier molecular flexibility index (Phi) is 13.8. The zero-order chi connectivity index (χ0) is 26.6. The summed E-state index contributed by atoms with van der Waals surface area (Å²) in [5, 5.41) is 36.2. The monoisotopic (exact) mass is 487 g/mol. The molecule has 0 rings (SSSR count). The van der Waals surface area contributed by atoms with Gasteiger partial charge in [-0.15, -0.1) is 0 Å². The molecule has 196 valence electrons. The molecule has 0 aliphatic heterocycles. The largest absolute Gasteiger partial charge is 0.480 e. The molecular weight excluding hydrogens is 446 g/mol. The number of nitrogens with one attached hydrogen (secondary N) is 5. The number of rotatable bonds is 15. The lowest BCUT2D eigenvalue weighted by molar-refractivity contribution is -0.142. The number of aliphatic hydroxyl groups excluding tert-OH is 1. The first kappa shape index (κ1) is 31.1. The van der Waals surface area contributed by atoms with E-state index in [1.54, 1.807) is 13.8 Å². The highest BCUT2D eigenvalue weighted by atomic mass is 16.4. The fourth-order valence-electron chi connectivity index (χ4n) is 3.03. The van der Waals surface area contributed by atoms with E-state index in [2.05, 4.69) is 21.3 Å². The second-order valence-electron chi connectivity index (χ2n) is 9.07. The van der Waals surface area contributed by atoms with Gasteiger partial charge in [-0.2, -0.15) is 0 Å². The predicted molar refractivity (Wildman–Crippen MR) is 127 cm³/mol. The number of guanidine groups is 1. The van der Waals surface area contributed by atoms with Crippen LogP contribution in [0.3, 0.4) is 0 Å². The molecule has 5 unspecified atom stereocenters. The van der Waals surface area contributed by atoms with Crippen LogP contribution in [0, 0.1) is 17.2 Å². The van der Waals surface area contributed by atoms with Gasteiger partial charge in [-0.3, -0.25) is 19.8 Å². The quantitative estimate of drug-likeness (QED) is 0.0719. The highest BCUT2D eigenvalue weighted by Gasteiger charge is 2.32. The van der Waals surface area contributed by atoms with E-state index >= 15 is 0 Å². The van der Waals surface area contributed by atoms with E-state index < -0.39 is 54.0 Å². The smallest absolute Gasteiger partial charge is 0.326 e. The van der Waals surface area contributed by atoms with Crippen molar-refractivity contribution in [3.05, 3.63) is 0 Å². The number of hydrogen-bond donors (Lipinski definition) is 9. The summed E-state index contributed by atoms with van der Waals surface area (Å²) in [7, 11) is 0. The van der Waals surface area contributed by atoms with Gasteiger partial charge in [0.2, 0.25) is 17.7 Å². The van der Waals surface area contributed by atoms with Crippen molar-refractivity contribution in [2.24, 2.45) is 23.3 Å². The van der Waals surface area contributed by atoms with Crippen molar-refractivity contribution >= 4 is 29.7 Å². The average Bonchev–Trinajstić information content (AvgIpc) is 2.71. The molecule has 0 bridgehead atoms. The Bertz CT molecular complexity index is 714. The third-order valence-electron chi connectivity index (χ3n) is 5.01. The Morgan fingerprint density at radius 1 is 0.912 bits per heavy atom. The first-order valence-corrected chi connectivity index (χ1v) is 11.3. The summed E-state index contributed by atoms with van der Waals surface area (Å²) in [6.07, 6.45) is -0.454. The molecule has 0 spiro atoms. The fraction of sp³-hybridized carbons (Fsp3) is 0.762. The Morgan fingerprint density at radius 2 is 1.47 bits per heavy atom. The molecule has 0 heterocycles. The van der Waals surface area contributed by atoms with Crippen molar-refractivity contribution < 1.29 is 29.4 Å². The molecule has 0 radical (unpaired) electrons. The molecule has 13 heteroatoms. The van der Waals surface area contributed by atoms with E-state index in [0.717, 1.165) is 0 Å². The first-order valence-electron chi connectivity index (χ1n) is 11.3. The normalized spacial score (nSPS) is 15.6. The van der Waals surface area contributed by atoms with Gasteiger partial charge >= 0.3 is 5.97 Å². The Labute approximate surface area is 200 Å². The molecule has 13 nitrogen and oxygen atoms in total. The Morgan fingerprint density at radius 3 is 1.91 bits per heavy atom. The second kappa shape index (κ2) is 15.1. The van der Waals surface area contributed by atoms with E-state index in [0.29, 0.717) is 6.42 Å². The minimum absolute atomic E-state index is 0.00477. The Hall–Kier alpha value is -2.93. The molecular formula is C21H41N7O6. The SMILES string of the molecule is CC(C)CC(NC(=O)C(NC(=O)C(N)C(C)O)C(C)C)C(=O)NC(CCCNC(=N)N)C(=O)O. The lowest BCUT2D eigenvalue weighted by atomic mass is 9.99. The van der Waals surface area contributed by atoms with Crippen molar-refractivity contribution in [2.45, 2.75) is 84.2 Å². The zero-order valence-electron chi connectivity index (χ0n) is 20.6. The molecule has 0 aliphatic rings. The van der Waals surface area contributed by atoms with E-state index in [1.807, 2.05) is 13.8 Å². The number of carboxylic acid groups (broad SMARTS) is 1. The van der Waals surface area contributed by atoms with Gasteiger partial charge in [0.25, 0.3) is 0 Å². The van der Waals surface area contributed by atoms with Crippen LogP contribution < -0.4 is 32.7 Å². The molecule has 0 fully saturated rings. The summed E-state index contributed by atoms with van der Waals surface area (Å²) in [5.41, 5.74) is 10.8. The van der Waals surface area contributed by atoms with Crippen LogP contribution in [0.4, 0.5) is 0 Å². The number of nitrogens with two attached hydrogens (primary N) is 2. The molecule has 3 amide bonds. The average molecular weight is 488 g/mol. The van der Waals surface area contributed by atoms with Gasteiger partial charge in [-0.25, -0.2) is 4.79 Å².